The Hall–Kier alpha value is -1.20. The Morgan fingerprint density at radius 2 is 2.05 bits per heavy atom. The Kier molecular flexibility index (Phi) is 3.89. The van der Waals surface area contributed by atoms with E-state index in [0.717, 1.165) is 29.8 Å². The highest BCUT2D eigenvalue weighted by atomic mass is 35.5. The van der Waals surface area contributed by atoms with E-state index in [1.54, 1.807) is 10.9 Å². The zero-order valence-corrected chi connectivity index (χ0v) is 12.6. The van der Waals surface area contributed by atoms with Crippen LogP contribution in [0.3, 0.4) is 0 Å². The fourth-order valence-corrected chi connectivity index (χ4v) is 2.91. The van der Waals surface area contributed by atoms with Crippen molar-refractivity contribution in [2.75, 3.05) is 0 Å². The van der Waals surface area contributed by atoms with Crippen LogP contribution in [0.4, 0.5) is 0 Å². The van der Waals surface area contributed by atoms with Crippen LogP contribution >= 0.6 is 11.6 Å². The zero-order valence-electron chi connectivity index (χ0n) is 11.8. The third kappa shape index (κ3) is 2.79. The van der Waals surface area contributed by atoms with Crippen molar-refractivity contribution in [1.82, 2.24) is 19.7 Å². The van der Waals surface area contributed by atoms with Crippen LogP contribution in [0.15, 0.2) is 6.20 Å². The fourth-order valence-electron chi connectivity index (χ4n) is 2.68. The summed E-state index contributed by atoms with van der Waals surface area (Å²) in [7, 11) is 1.85. The number of aromatic nitrogens is 4. The minimum absolute atomic E-state index is 0.329. The number of rotatable bonds is 3. The second kappa shape index (κ2) is 5.66. The molecule has 1 aliphatic carbocycles. The van der Waals surface area contributed by atoms with Crippen LogP contribution in [0.5, 0.6) is 0 Å². The Bertz CT molecular complexity index is 604. The minimum atomic E-state index is 0.329. The van der Waals surface area contributed by atoms with Crippen molar-refractivity contribution in [3.63, 3.8) is 0 Å². The van der Waals surface area contributed by atoms with Crippen LogP contribution in [-0.4, -0.2) is 25.9 Å². The largest absolute Gasteiger partial charge is 0.370 e. The van der Waals surface area contributed by atoms with Gasteiger partial charge in [-0.1, -0.05) is 18.5 Å². The van der Waals surface area contributed by atoms with Gasteiger partial charge in [0.05, 0.1) is 17.7 Å². The van der Waals surface area contributed by atoms with Gasteiger partial charge in [0.2, 0.25) is 0 Å². The second-order valence-corrected chi connectivity index (χ2v) is 5.99. The van der Waals surface area contributed by atoms with Gasteiger partial charge in [-0.05, 0) is 31.6 Å². The summed E-state index contributed by atoms with van der Waals surface area (Å²) in [5, 5.41) is 5.37. The van der Waals surface area contributed by atoms with Gasteiger partial charge in [0.25, 0.3) is 0 Å². The Morgan fingerprint density at radius 3 is 2.80 bits per heavy atom. The first-order valence-corrected chi connectivity index (χ1v) is 7.47. The molecule has 0 aliphatic heterocycles. The Labute approximate surface area is 123 Å². The average Bonchev–Trinajstić information content (AvgIpc) is 2.81. The van der Waals surface area contributed by atoms with E-state index < -0.39 is 0 Å². The highest BCUT2D eigenvalue weighted by molar-refractivity contribution is 6.33. The lowest BCUT2D eigenvalue weighted by atomic mass is 9.89. The van der Waals surface area contributed by atoms with Crippen LogP contribution in [0.1, 0.15) is 38.4 Å². The molecule has 0 atom stereocenters. The molecule has 0 amide bonds. The quantitative estimate of drug-likeness (QED) is 0.816. The van der Waals surface area contributed by atoms with Gasteiger partial charge in [0.1, 0.15) is 11.8 Å². The molecule has 0 bridgehead atoms. The SMILES string of the molecule is CC1CCC(OCc2nc(Cl)c3cnn(C)c3n2)CC1. The molecule has 20 heavy (non-hydrogen) atoms. The molecule has 0 unspecified atom stereocenters. The molecule has 0 saturated heterocycles. The molecule has 0 spiro atoms. The first-order chi connectivity index (χ1) is 9.63. The van der Waals surface area contributed by atoms with Gasteiger partial charge < -0.3 is 4.74 Å². The van der Waals surface area contributed by atoms with Gasteiger partial charge in [-0.2, -0.15) is 5.10 Å². The van der Waals surface area contributed by atoms with E-state index in [9.17, 15) is 0 Å². The summed E-state index contributed by atoms with van der Waals surface area (Å²) >= 11 is 6.16. The summed E-state index contributed by atoms with van der Waals surface area (Å²) in [6, 6.07) is 0. The molecule has 6 heteroatoms. The average molecular weight is 295 g/mol. The van der Waals surface area contributed by atoms with E-state index in [2.05, 4.69) is 22.0 Å². The number of nitrogens with zero attached hydrogens (tertiary/aromatic N) is 4. The van der Waals surface area contributed by atoms with Gasteiger partial charge in [-0.15, -0.1) is 0 Å². The normalized spacial score (nSPS) is 23.4. The van der Waals surface area contributed by atoms with Gasteiger partial charge in [0, 0.05) is 7.05 Å². The maximum absolute atomic E-state index is 6.16. The number of fused-ring (bicyclic) bond motifs is 1. The van der Waals surface area contributed by atoms with Crippen LogP contribution in [0.2, 0.25) is 5.15 Å². The first-order valence-electron chi connectivity index (χ1n) is 7.09. The number of aryl methyl sites for hydroxylation is 1. The van der Waals surface area contributed by atoms with Gasteiger partial charge in [0.15, 0.2) is 11.5 Å². The minimum Gasteiger partial charge on any atom is -0.370 e. The van der Waals surface area contributed by atoms with E-state index in [-0.39, 0.29) is 0 Å². The third-order valence-corrected chi connectivity index (χ3v) is 4.29. The molecule has 3 rings (SSSR count). The van der Waals surface area contributed by atoms with E-state index in [0.29, 0.717) is 23.7 Å². The maximum Gasteiger partial charge on any atom is 0.162 e. The van der Waals surface area contributed by atoms with Crippen molar-refractivity contribution >= 4 is 22.6 Å². The number of hydrogen-bond donors (Lipinski definition) is 0. The maximum atomic E-state index is 6.16. The van der Waals surface area contributed by atoms with Crippen molar-refractivity contribution < 1.29 is 4.74 Å². The number of halogens is 1. The lowest BCUT2D eigenvalue weighted by molar-refractivity contribution is 0.00575. The predicted molar refractivity (Wildman–Crippen MR) is 77.5 cm³/mol. The van der Waals surface area contributed by atoms with Crippen LogP contribution in [-0.2, 0) is 18.4 Å². The van der Waals surface area contributed by atoms with E-state index in [1.165, 1.54) is 12.8 Å². The van der Waals surface area contributed by atoms with Gasteiger partial charge >= 0.3 is 0 Å². The molecule has 0 radical (unpaired) electrons. The third-order valence-electron chi connectivity index (χ3n) is 4.00. The molecular weight excluding hydrogens is 276 g/mol. The van der Waals surface area contributed by atoms with Crippen LogP contribution < -0.4 is 0 Å². The Morgan fingerprint density at radius 1 is 1.30 bits per heavy atom. The summed E-state index contributed by atoms with van der Waals surface area (Å²) < 4.78 is 7.63. The smallest absolute Gasteiger partial charge is 0.162 e. The molecule has 0 N–H and O–H groups in total. The van der Waals surface area contributed by atoms with Gasteiger partial charge in [-0.3, -0.25) is 4.68 Å². The molecule has 1 aliphatic rings. The standard InChI is InChI=1S/C14H19ClN4O/c1-9-3-5-10(6-4-9)20-8-12-17-13(15)11-7-16-19(2)14(11)18-12/h7,9-10H,3-6,8H2,1-2H3. The zero-order chi connectivity index (χ0) is 14.1. The van der Waals surface area contributed by atoms with Crippen LogP contribution in [0, 0.1) is 5.92 Å². The van der Waals surface area contributed by atoms with Crippen molar-refractivity contribution in [3.8, 4) is 0 Å². The lowest BCUT2D eigenvalue weighted by Crippen LogP contribution is -2.20. The van der Waals surface area contributed by atoms with Crippen molar-refractivity contribution in [2.45, 2.75) is 45.3 Å². The predicted octanol–water partition coefficient (Wildman–Crippen LogP) is 3.11. The highest BCUT2D eigenvalue weighted by Crippen LogP contribution is 2.26. The molecule has 1 saturated carbocycles. The summed E-state index contributed by atoms with van der Waals surface area (Å²) in [5.41, 5.74) is 0.751. The molecule has 1 fully saturated rings. The number of hydrogen-bond acceptors (Lipinski definition) is 4. The molecule has 5 nitrogen and oxygen atoms in total. The Balaban J connectivity index is 1.70. The monoisotopic (exact) mass is 294 g/mol. The summed E-state index contributed by atoms with van der Waals surface area (Å²) in [5.74, 6) is 1.45. The fraction of sp³-hybridized carbons (Fsp3) is 0.643. The van der Waals surface area contributed by atoms with Crippen molar-refractivity contribution in [3.05, 3.63) is 17.2 Å². The molecule has 2 aromatic heterocycles. The topological polar surface area (TPSA) is 52.8 Å². The van der Waals surface area contributed by atoms with Crippen LogP contribution in [0.25, 0.3) is 11.0 Å². The van der Waals surface area contributed by atoms with E-state index in [1.807, 2.05) is 7.05 Å². The molecule has 0 aromatic carbocycles. The first kappa shape index (κ1) is 13.8. The molecule has 108 valence electrons. The lowest BCUT2D eigenvalue weighted by Gasteiger charge is -2.25. The summed E-state index contributed by atoms with van der Waals surface area (Å²) in [6.07, 6.45) is 6.76. The summed E-state index contributed by atoms with van der Waals surface area (Å²) in [6.45, 7) is 2.72. The van der Waals surface area contributed by atoms with Crippen molar-refractivity contribution in [1.29, 1.82) is 0 Å². The summed E-state index contributed by atoms with van der Waals surface area (Å²) in [4.78, 5) is 8.76. The highest BCUT2D eigenvalue weighted by Gasteiger charge is 2.19. The van der Waals surface area contributed by atoms with Crippen molar-refractivity contribution in [2.24, 2.45) is 13.0 Å². The number of ether oxygens (including phenoxy) is 1. The van der Waals surface area contributed by atoms with E-state index in [4.69, 9.17) is 16.3 Å². The molecule has 2 heterocycles. The van der Waals surface area contributed by atoms with Gasteiger partial charge in [-0.25, -0.2) is 9.97 Å². The molecular formula is C14H19ClN4O. The molecule has 2 aromatic rings. The van der Waals surface area contributed by atoms with E-state index >= 15 is 0 Å². The second-order valence-electron chi connectivity index (χ2n) is 5.63.